The average Bonchev–Trinajstić information content (AvgIpc) is 2.72. The zero-order chi connectivity index (χ0) is 21.7. The Kier molecular flexibility index (Phi) is 7.21. The lowest BCUT2D eigenvalue weighted by Gasteiger charge is -2.38. The van der Waals surface area contributed by atoms with Crippen molar-refractivity contribution in [2.45, 2.75) is 45.8 Å². The molecular weight excluding hydrogens is 378 g/mol. The van der Waals surface area contributed by atoms with Crippen LogP contribution in [0.1, 0.15) is 42.1 Å². The Bertz CT molecular complexity index is 882. The number of nitrogens with one attached hydrogen (secondary N) is 2. The van der Waals surface area contributed by atoms with Crippen LogP contribution in [0.4, 0.5) is 4.79 Å². The van der Waals surface area contributed by atoms with E-state index in [2.05, 4.69) is 58.9 Å². The first kappa shape index (κ1) is 22.0. The summed E-state index contributed by atoms with van der Waals surface area (Å²) in [5.74, 6) is 1.46. The number of hydrogen-bond acceptors (Lipinski definition) is 4. The summed E-state index contributed by atoms with van der Waals surface area (Å²) in [6.45, 7) is 8.32. The van der Waals surface area contributed by atoms with Crippen molar-refractivity contribution in [3.63, 3.8) is 0 Å². The number of benzene rings is 2. The van der Waals surface area contributed by atoms with E-state index in [-0.39, 0.29) is 18.1 Å². The predicted molar refractivity (Wildman–Crippen MR) is 119 cm³/mol. The van der Waals surface area contributed by atoms with Crippen LogP contribution in [0.15, 0.2) is 36.4 Å². The lowest BCUT2D eigenvalue weighted by atomic mass is 9.91. The first-order valence-electron chi connectivity index (χ1n) is 10.5. The van der Waals surface area contributed by atoms with Gasteiger partial charge in [-0.3, -0.25) is 4.90 Å². The van der Waals surface area contributed by atoms with Crippen LogP contribution >= 0.6 is 0 Å². The first-order chi connectivity index (χ1) is 14.4. The van der Waals surface area contributed by atoms with E-state index >= 15 is 0 Å². The minimum atomic E-state index is -0.145. The molecule has 0 unspecified atom stereocenters. The van der Waals surface area contributed by atoms with Gasteiger partial charge in [0.15, 0.2) is 11.5 Å². The van der Waals surface area contributed by atoms with Gasteiger partial charge >= 0.3 is 6.03 Å². The summed E-state index contributed by atoms with van der Waals surface area (Å²) in [5, 5.41) is 5.96. The highest BCUT2D eigenvalue weighted by molar-refractivity contribution is 5.74. The summed E-state index contributed by atoms with van der Waals surface area (Å²) >= 11 is 0. The third kappa shape index (κ3) is 5.05. The van der Waals surface area contributed by atoms with E-state index in [0.29, 0.717) is 12.3 Å². The minimum Gasteiger partial charge on any atom is -0.493 e. The molecule has 0 saturated carbocycles. The average molecular weight is 412 g/mol. The van der Waals surface area contributed by atoms with Crippen LogP contribution in [0.5, 0.6) is 11.5 Å². The smallest absolute Gasteiger partial charge is 0.315 e. The molecule has 30 heavy (non-hydrogen) atoms. The summed E-state index contributed by atoms with van der Waals surface area (Å²) in [4.78, 5) is 14.7. The van der Waals surface area contributed by atoms with Crippen molar-refractivity contribution in [2.75, 3.05) is 27.3 Å². The molecule has 1 atom stereocenters. The number of carbonyl (C=O) groups is 1. The van der Waals surface area contributed by atoms with E-state index in [0.717, 1.165) is 25.3 Å². The quantitative estimate of drug-likeness (QED) is 0.727. The zero-order valence-corrected chi connectivity index (χ0v) is 18.6. The molecule has 2 amide bonds. The molecule has 6 heteroatoms. The van der Waals surface area contributed by atoms with Gasteiger partial charge in [0.05, 0.1) is 20.3 Å². The van der Waals surface area contributed by atoms with Gasteiger partial charge in [0.1, 0.15) is 0 Å². The molecule has 0 fully saturated rings. The highest BCUT2D eigenvalue weighted by Crippen LogP contribution is 2.38. The summed E-state index contributed by atoms with van der Waals surface area (Å²) in [6, 6.07) is 12.6. The Morgan fingerprint density at radius 2 is 1.87 bits per heavy atom. The second kappa shape index (κ2) is 9.85. The lowest BCUT2D eigenvalue weighted by Crippen LogP contribution is -2.45. The summed E-state index contributed by atoms with van der Waals surface area (Å²) in [6.07, 6.45) is 0.927. The Morgan fingerprint density at radius 1 is 1.17 bits per heavy atom. The van der Waals surface area contributed by atoms with Crippen molar-refractivity contribution < 1.29 is 14.3 Å². The van der Waals surface area contributed by atoms with Crippen LogP contribution in [0.25, 0.3) is 0 Å². The van der Waals surface area contributed by atoms with Crippen molar-refractivity contribution in [1.29, 1.82) is 0 Å². The number of ether oxygens (including phenoxy) is 2. The van der Waals surface area contributed by atoms with Gasteiger partial charge in [-0.15, -0.1) is 0 Å². The van der Waals surface area contributed by atoms with Crippen molar-refractivity contribution in [2.24, 2.45) is 0 Å². The van der Waals surface area contributed by atoms with Gasteiger partial charge in [-0.2, -0.15) is 0 Å². The molecule has 3 rings (SSSR count). The fourth-order valence-corrected chi connectivity index (χ4v) is 4.02. The van der Waals surface area contributed by atoms with E-state index in [1.54, 1.807) is 14.2 Å². The first-order valence-corrected chi connectivity index (χ1v) is 10.5. The summed E-state index contributed by atoms with van der Waals surface area (Å²) in [7, 11) is 3.31. The van der Waals surface area contributed by atoms with E-state index in [4.69, 9.17) is 9.47 Å². The molecule has 1 aliphatic heterocycles. The van der Waals surface area contributed by atoms with E-state index in [9.17, 15) is 4.79 Å². The van der Waals surface area contributed by atoms with Crippen LogP contribution in [0, 0.1) is 6.92 Å². The standard InChI is InChI=1S/C24H33N3O3/c1-16(2)26-24(28)25-14-21-20-13-23(30-5)22(29-4)12-18(20)10-11-27(21)15-19-9-7-6-8-17(19)3/h6-9,12-13,16,21H,10-11,14-15H2,1-5H3,(H2,25,26,28)/t21-/m1/s1. The van der Waals surface area contributed by atoms with Crippen LogP contribution in [0.3, 0.4) is 0 Å². The van der Waals surface area contributed by atoms with Crippen molar-refractivity contribution in [3.8, 4) is 11.5 Å². The van der Waals surface area contributed by atoms with Crippen LogP contribution in [-0.4, -0.2) is 44.3 Å². The van der Waals surface area contributed by atoms with Gasteiger partial charge in [0.25, 0.3) is 0 Å². The second-order valence-corrected chi connectivity index (χ2v) is 8.08. The number of amides is 2. The maximum atomic E-state index is 12.3. The Balaban J connectivity index is 1.91. The highest BCUT2D eigenvalue weighted by Gasteiger charge is 2.29. The number of rotatable bonds is 7. The molecule has 0 aromatic heterocycles. The predicted octanol–water partition coefficient (Wildman–Crippen LogP) is 3.82. The topological polar surface area (TPSA) is 62.8 Å². The second-order valence-electron chi connectivity index (χ2n) is 8.08. The third-order valence-electron chi connectivity index (χ3n) is 5.62. The van der Waals surface area contributed by atoms with Gasteiger partial charge in [0.2, 0.25) is 0 Å². The van der Waals surface area contributed by atoms with Gasteiger partial charge in [-0.05, 0) is 61.6 Å². The molecule has 2 aromatic rings. The molecule has 0 saturated heterocycles. The Labute approximate surface area is 179 Å². The fraction of sp³-hybridized carbons (Fsp3) is 0.458. The Morgan fingerprint density at radius 3 is 2.53 bits per heavy atom. The molecule has 1 aliphatic rings. The van der Waals surface area contributed by atoms with E-state index < -0.39 is 0 Å². The number of urea groups is 1. The molecule has 1 heterocycles. The normalized spacial score (nSPS) is 16.1. The molecule has 2 N–H and O–H groups in total. The maximum Gasteiger partial charge on any atom is 0.315 e. The maximum absolute atomic E-state index is 12.3. The van der Waals surface area contributed by atoms with Crippen molar-refractivity contribution >= 4 is 6.03 Å². The number of nitrogens with zero attached hydrogens (tertiary/aromatic N) is 1. The minimum absolute atomic E-state index is 0.0473. The van der Waals surface area contributed by atoms with Gasteiger partial charge in [-0.25, -0.2) is 4.79 Å². The van der Waals surface area contributed by atoms with Crippen LogP contribution < -0.4 is 20.1 Å². The molecule has 0 radical (unpaired) electrons. The molecular formula is C24H33N3O3. The number of fused-ring (bicyclic) bond motifs is 1. The molecule has 0 bridgehead atoms. The summed E-state index contributed by atoms with van der Waals surface area (Å²) < 4.78 is 11.1. The summed E-state index contributed by atoms with van der Waals surface area (Å²) in [5.41, 5.74) is 5.00. The third-order valence-corrected chi connectivity index (χ3v) is 5.62. The number of aryl methyl sites for hydroxylation is 1. The number of hydrogen-bond donors (Lipinski definition) is 2. The Hall–Kier alpha value is -2.73. The van der Waals surface area contributed by atoms with Crippen molar-refractivity contribution in [1.82, 2.24) is 15.5 Å². The van der Waals surface area contributed by atoms with Crippen molar-refractivity contribution in [3.05, 3.63) is 58.7 Å². The molecule has 0 spiro atoms. The number of carbonyl (C=O) groups excluding carboxylic acids is 1. The molecule has 0 aliphatic carbocycles. The zero-order valence-electron chi connectivity index (χ0n) is 18.6. The monoisotopic (exact) mass is 411 g/mol. The molecule has 162 valence electrons. The van der Waals surface area contributed by atoms with Gasteiger partial charge < -0.3 is 20.1 Å². The van der Waals surface area contributed by atoms with Gasteiger partial charge in [0, 0.05) is 25.7 Å². The van der Waals surface area contributed by atoms with Crippen LogP contribution in [0.2, 0.25) is 0 Å². The largest absolute Gasteiger partial charge is 0.493 e. The lowest BCUT2D eigenvalue weighted by molar-refractivity contribution is 0.170. The molecule has 6 nitrogen and oxygen atoms in total. The molecule has 2 aromatic carbocycles. The van der Waals surface area contributed by atoms with Crippen LogP contribution in [-0.2, 0) is 13.0 Å². The van der Waals surface area contributed by atoms with Gasteiger partial charge in [-0.1, -0.05) is 24.3 Å². The van der Waals surface area contributed by atoms with E-state index in [1.165, 1.54) is 22.3 Å². The number of methoxy groups -OCH3 is 2. The highest BCUT2D eigenvalue weighted by atomic mass is 16.5. The SMILES string of the molecule is COc1cc2c(cc1OC)[C@@H](CNC(=O)NC(C)C)N(Cc1ccccc1C)CC2. The fourth-order valence-electron chi connectivity index (χ4n) is 4.02. The van der Waals surface area contributed by atoms with E-state index in [1.807, 2.05) is 13.8 Å².